The van der Waals surface area contributed by atoms with E-state index in [1.54, 1.807) is 13.8 Å². The smallest absolute Gasteiger partial charge is 0.303 e. The van der Waals surface area contributed by atoms with Crippen molar-refractivity contribution in [1.29, 1.82) is 0 Å². The number of aromatic nitrogens is 4. The fourth-order valence-electron chi connectivity index (χ4n) is 6.02. The Morgan fingerprint density at radius 1 is 0.721 bits per heavy atom. The molecule has 2 aliphatic rings. The highest BCUT2D eigenvalue weighted by Crippen LogP contribution is 2.37. The van der Waals surface area contributed by atoms with Gasteiger partial charge in [0.1, 0.15) is 0 Å². The predicted octanol–water partition coefficient (Wildman–Crippen LogP) is 5.80. The number of nitrogens with one attached hydrogen (secondary N) is 2. The van der Waals surface area contributed by atoms with Crippen LogP contribution in [0.5, 0.6) is 0 Å². The average molecular weight is 585 g/mol. The molecule has 8 bridgehead atoms. The number of aliphatic hydroxyl groups is 2. The van der Waals surface area contributed by atoms with Crippen molar-refractivity contribution in [1.82, 2.24) is 19.9 Å². The third-order valence-electron chi connectivity index (χ3n) is 8.18. The van der Waals surface area contributed by atoms with E-state index in [2.05, 4.69) is 9.97 Å². The molecule has 0 saturated carbocycles. The highest BCUT2D eigenvalue weighted by molar-refractivity contribution is 5.96. The molecule has 0 aromatic carbocycles. The summed E-state index contributed by atoms with van der Waals surface area (Å²) in [4.78, 5) is 39.5. The van der Waals surface area contributed by atoms with Crippen molar-refractivity contribution in [2.75, 3.05) is 0 Å². The van der Waals surface area contributed by atoms with Crippen LogP contribution in [0.4, 0.5) is 0 Å². The average Bonchev–Trinajstić information content (AvgIpc) is 3.61. The first kappa shape index (κ1) is 29.9. The van der Waals surface area contributed by atoms with Crippen molar-refractivity contribution >= 4 is 56.3 Å². The van der Waals surface area contributed by atoms with Crippen molar-refractivity contribution in [3.8, 4) is 0 Å². The second kappa shape index (κ2) is 11.6. The van der Waals surface area contributed by atoms with Gasteiger partial charge in [-0.15, -0.1) is 0 Å². The molecule has 2 atom stereocenters. The van der Waals surface area contributed by atoms with Gasteiger partial charge < -0.3 is 30.4 Å². The highest BCUT2D eigenvalue weighted by atomic mass is 16.4. The van der Waals surface area contributed by atoms with Crippen LogP contribution in [0.3, 0.4) is 0 Å². The lowest BCUT2D eigenvalue weighted by Crippen LogP contribution is -2.02. The predicted molar refractivity (Wildman–Crippen MR) is 166 cm³/mol. The van der Waals surface area contributed by atoms with E-state index in [0.29, 0.717) is 50.5 Å². The lowest BCUT2D eigenvalue weighted by Gasteiger charge is -2.07. The molecule has 10 heteroatoms. The SMILES string of the molecule is CC1=C(CCC(=O)O)c2cc3[nH]c(cc3CCC(=O)O)cc3[nH]c(cc4nc(cc1n2)C(C)=C4C(C)O)c(C)c3C(C)O. The lowest BCUT2D eigenvalue weighted by molar-refractivity contribution is -0.137. The van der Waals surface area contributed by atoms with Crippen LogP contribution in [-0.2, 0) is 16.0 Å². The number of carboxylic acid groups (broad SMARTS) is 2. The number of carboxylic acids is 2. The molecule has 5 heterocycles. The first-order chi connectivity index (χ1) is 20.3. The normalized spacial score (nSPS) is 14.8. The molecule has 43 heavy (non-hydrogen) atoms. The molecule has 3 aromatic heterocycles. The van der Waals surface area contributed by atoms with E-state index in [1.807, 2.05) is 51.1 Å². The molecule has 5 rings (SSSR count). The van der Waals surface area contributed by atoms with E-state index in [0.717, 1.165) is 33.4 Å². The summed E-state index contributed by atoms with van der Waals surface area (Å²) in [5, 5.41) is 40.3. The monoisotopic (exact) mass is 584 g/mol. The van der Waals surface area contributed by atoms with Crippen molar-refractivity contribution in [2.24, 2.45) is 0 Å². The number of allylic oxidation sites excluding steroid dienone is 3. The summed E-state index contributed by atoms with van der Waals surface area (Å²) in [6.45, 7) is 9.13. The fraction of sp³-hybridized carbons (Fsp3) is 0.333. The zero-order valence-electron chi connectivity index (χ0n) is 24.9. The number of hydrogen-bond acceptors (Lipinski definition) is 6. The van der Waals surface area contributed by atoms with Gasteiger partial charge in [0.05, 0.1) is 35.0 Å². The van der Waals surface area contributed by atoms with Gasteiger partial charge in [0, 0.05) is 46.0 Å². The second-order valence-corrected chi connectivity index (χ2v) is 11.3. The molecule has 0 amide bonds. The van der Waals surface area contributed by atoms with E-state index in [4.69, 9.17) is 9.97 Å². The quantitative estimate of drug-likeness (QED) is 0.193. The summed E-state index contributed by atoms with van der Waals surface area (Å²) in [5.41, 5.74) is 10.7. The number of carbonyl (C=O) groups is 2. The van der Waals surface area contributed by atoms with Gasteiger partial charge in [0.2, 0.25) is 0 Å². The Kier molecular flexibility index (Phi) is 8.09. The van der Waals surface area contributed by atoms with Crippen LogP contribution in [0.2, 0.25) is 0 Å². The largest absolute Gasteiger partial charge is 0.481 e. The zero-order valence-corrected chi connectivity index (χ0v) is 24.9. The van der Waals surface area contributed by atoms with E-state index < -0.39 is 24.1 Å². The molecule has 0 radical (unpaired) electrons. The highest BCUT2D eigenvalue weighted by Gasteiger charge is 2.24. The first-order valence-electron chi connectivity index (χ1n) is 14.3. The molecule has 0 fully saturated rings. The van der Waals surface area contributed by atoms with Gasteiger partial charge in [-0.3, -0.25) is 9.59 Å². The first-order valence-corrected chi connectivity index (χ1v) is 14.3. The second-order valence-electron chi connectivity index (χ2n) is 11.3. The molecule has 0 saturated heterocycles. The van der Waals surface area contributed by atoms with Crippen molar-refractivity contribution in [3.63, 3.8) is 0 Å². The topological polar surface area (TPSA) is 172 Å². The molecule has 2 unspecified atom stereocenters. The summed E-state index contributed by atoms with van der Waals surface area (Å²) >= 11 is 0. The molecule has 6 N–H and O–H groups in total. The van der Waals surface area contributed by atoms with Gasteiger partial charge in [-0.1, -0.05) is 0 Å². The molecule has 10 nitrogen and oxygen atoms in total. The van der Waals surface area contributed by atoms with Gasteiger partial charge in [0.25, 0.3) is 0 Å². The number of aliphatic carboxylic acids is 2. The molecular weight excluding hydrogens is 548 g/mol. The van der Waals surface area contributed by atoms with Gasteiger partial charge in [-0.2, -0.15) is 0 Å². The van der Waals surface area contributed by atoms with Crippen LogP contribution >= 0.6 is 0 Å². The van der Waals surface area contributed by atoms with Gasteiger partial charge >= 0.3 is 11.9 Å². The number of aromatic amines is 2. The maximum absolute atomic E-state index is 11.5. The van der Waals surface area contributed by atoms with Crippen molar-refractivity contribution in [2.45, 2.75) is 72.5 Å². The maximum atomic E-state index is 11.5. The molecule has 224 valence electrons. The van der Waals surface area contributed by atoms with Gasteiger partial charge in [0.15, 0.2) is 0 Å². The van der Waals surface area contributed by atoms with Crippen LogP contribution in [0, 0.1) is 6.92 Å². The number of H-pyrrole nitrogens is 2. The van der Waals surface area contributed by atoms with Crippen LogP contribution in [-0.4, -0.2) is 58.4 Å². The summed E-state index contributed by atoms with van der Waals surface area (Å²) in [5.74, 6) is -1.83. The maximum Gasteiger partial charge on any atom is 0.303 e. The Labute approximate surface area is 248 Å². The lowest BCUT2D eigenvalue weighted by atomic mass is 9.99. The Balaban J connectivity index is 1.92. The number of rotatable bonds is 8. The summed E-state index contributed by atoms with van der Waals surface area (Å²) in [6.07, 6.45) is -1.15. The van der Waals surface area contributed by atoms with Crippen LogP contribution in [0.25, 0.3) is 44.4 Å². The van der Waals surface area contributed by atoms with E-state index in [-0.39, 0.29) is 25.7 Å². The number of hydrogen-bond donors (Lipinski definition) is 6. The minimum absolute atomic E-state index is 0.0637. The molecule has 2 aliphatic heterocycles. The number of aliphatic hydroxyl groups excluding tert-OH is 2. The Bertz CT molecular complexity index is 1870. The van der Waals surface area contributed by atoms with E-state index >= 15 is 0 Å². The number of fused-ring (bicyclic) bond motifs is 8. The molecule has 3 aromatic rings. The Morgan fingerprint density at radius 3 is 2.00 bits per heavy atom. The van der Waals surface area contributed by atoms with E-state index in [9.17, 15) is 30.0 Å². The standard InChI is InChI=1S/C33H36N4O6/c1-15-22(7-9-31(42)43)27-14-26-20(6-8-30(40)41)10-21(34-26)11-28-32(18(4)38)17(3)25(36-28)13-29-33(19(5)39)16(2)24(37-29)12-23(15)35-27/h10-14,18-19,34,36,38-39H,6-9H2,1-5H3,(H,40,41)(H,42,43). The fourth-order valence-corrected chi connectivity index (χ4v) is 6.02. The van der Waals surface area contributed by atoms with Gasteiger partial charge in [-0.25, -0.2) is 9.97 Å². The Hall–Kier alpha value is -4.54. The number of aryl methyl sites for hydroxylation is 2. The van der Waals surface area contributed by atoms with Crippen LogP contribution in [0.1, 0.15) is 92.5 Å². The van der Waals surface area contributed by atoms with Crippen LogP contribution in [0.15, 0.2) is 30.3 Å². The van der Waals surface area contributed by atoms with Crippen molar-refractivity contribution in [3.05, 3.63) is 69.8 Å². The molecule has 0 aliphatic carbocycles. The van der Waals surface area contributed by atoms with Gasteiger partial charge in [-0.05, 0) is 106 Å². The van der Waals surface area contributed by atoms with Crippen LogP contribution < -0.4 is 0 Å². The third kappa shape index (κ3) is 5.89. The minimum Gasteiger partial charge on any atom is -0.481 e. The summed E-state index contributed by atoms with van der Waals surface area (Å²) in [6, 6.07) is 9.33. The summed E-state index contributed by atoms with van der Waals surface area (Å²) in [7, 11) is 0. The third-order valence-corrected chi connectivity index (χ3v) is 8.18. The van der Waals surface area contributed by atoms with Crippen molar-refractivity contribution < 1.29 is 30.0 Å². The Morgan fingerprint density at radius 2 is 1.35 bits per heavy atom. The molecule has 0 spiro atoms. The number of nitrogens with zero attached hydrogens (tertiary/aromatic N) is 2. The summed E-state index contributed by atoms with van der Waals surface area (Å²) < 4.78 is 0. The van der Waals surface area contributed by atoms with E-state index in [1.165, 1.54) is 0 Å². The molecular formula is C33H36N4O6. The zero-order chi connectivity index (χ0) is 31.2. The minimum atomic E-state index is -0.918.